The van der Waals surface area contributed by atoms with Crippen molar-refractivity contribution in [2.24, 2.45) is 11.7 Å². The van der Waals surface area contributed by atoms with Crippen molar-refractivity contribution in [3.63, 3.8) is 0 Å². The zero-order valence-corrected chi connectivity index (χ0v) is 12.4. The molecule has 1 fully saturated rings. The van der Waals surface area contributed by atoms with Crippen LogP contribution in [0.2, 0.25) is 0 Å². The Hall–Kier alpha value is -1.46. The number of hydrogen-bond acceptors (Lipinski definition) is 4. The monoisotopic (exact) mass is 294 g/mol. The highest BCUT2D eigenvalue weighted by Crippen LogP contribution is 2.22. The van der Waals surface area contributed by atoms with Gasteiger partial charge in [-0.3, -0.25) is 9.69 Å². The fraction of sp³-hybridized carbons (Fsp3) is 0.562. The maximum Gasteiger partial charge on any atom is 0.305 e. The minimum Gasteiger partial charge on any atom is -0.469 e. The molecule has 4 nitrogen and oxygen atoms in total. The summed E-state index contributed by atoms with van der Waals surface area (Å²) in [6.07, 6.45) is 2.19. The number of carbonyl (C=O) groups is 1. The van der Waals surface area contributed by atoms with E-state index >= 15 is 0 Å². The zero-order valence-electron chi connectivity index (χ0n) is 12.4. The van der Waals surface area contributed by atoms with Crippen LogP contribution in [0.5, 0.6) is 0 Å². The summed E-state index contributed by atoms with van der Waals surface area (Å²) in [5, 5.41) is 0. The average Bonchev–Trinajstić information content (AvgIpc) is 2.46. The maximum absolute atomic E-state index is 12.9. The molecule has 1 aliphatic rings. The molecule has 2 atom stereocenters. The van der Waals surface area contributed by atoms with Gasteiger partial charge in [-0.1, -0.05) is 12.1 Å². The third kappa shape index (κ3) is 5.10. The number of piperidine rings is 1. The second-order valence-electron chi connectivity index (χ2n) is 5.80. The Labute approximate surface area is 125 Å². The summed E-state index contributed by atoms with van der Waals surface area (Å²) >= 11 is 0. The highest BCUT2D eigenvalue weighted by molar-refractivity contribution is 5.69. The van der Waals surface area contributed by atoms with E-state index < -0.39 is 0 Å². The van der Waals surface area contributed by atoms with Crippen LogP contribution in [0.1, 0.15) is 24.8 Å². The van der Waals surface area contributed by atoms with Crippen molar-refractivity contribution < 1.29 is 13.9 Å². The molecule has 0 saturated carbocycles. The lowest BCUT2D eigenvalue weighted by Gasteiger charge is -2.36. The van der Waals surface area contributed by atoms with Crippen LogP contribution in [0.25, 0.3) is 0 Å². The van der Waals surface area contributed by atoms with E-state index in [9.17, 15) is 9.18 Å². The van der Waals surface area contributed by atoms with E-state index in [1.54, 1.807) is 12.1 Å². The summed E-state index contributed by atoms with van der Waals surface area (Å²) in [6.45, 7) is 2.52. The third-order valence-electron chi connectivity index (χ3n) is 3.95. The van der Waals surface area contributed by atoms with Gasteiger partial charge in [0.15, 0.2) is 0 Å². The highest BCUT2D eigenvalue weighted by Gasteiger charge is 2.25. The Kier molecular flexibility index (Phi) is 5.70. The lowest BCUT2D eigenvalue weighted by molar-refractivity contribution is -0.141. The summed E-state index contributed by atoms with van der Waals surface area (Å²) in [5.74, 6) is 0.0255. The average molecular weight is 294 g/mol. The largest absolute Gasteiger partial charge is 0.469 e. The van der Waals surface area contributed by atoms with Crippen LogP contribution in [0.4, 0.5) is 4.39 Å². The fourth-order valence-corrected chi connectivity index (χ4v) is 2.96. The van der Waals surface area contributed by atoms with E-state index in [4.69, 9.17) is 5.73 Å². The molecule has 1 aromatic rings. The van der Waals surface area contributed by atoms with Crippen LogP contribution in [-0.4, -0.2) is 37.1 Å². The third-order valence-corrected chi connectivity index (χ3v) is 3.95. The van der Waals surface area contributed by atoms with E-state index in [2.05, 4.69) is 9.64 Å². The van der Waals surface area contributed by atoms with Gasteiger partial charge in [-0.15, -0.1) is 0 Å². The minimum atomic E-state index is -0.218. The smallest absolute Gasteiger partial charge is 0.305 e. The molecule has 2 N–H and O–H groups in total. The van der Waals surface area contributed by atoms with Crippen molar-refractivity contribution in [1.29, 1.82) is 0 Å². The molecule has 1 heterocycles. The molecule has 0 aliphatic carbocycles. The van der Waals surface area contributed by atoms with Crippen LogP contribution in [0, 0.1) is 11.7 Å². The molecule has 1 saturated heterocycles. The van der Waals surface area contributed by atoms with Crippen LogP contribution < -0.4 is 5.73 Å². The van der Waals surface area contributed by atoms with Crippen molar-refractivity contribution in [2.75, 3.05) is 20.2 Å². The van der Waals surface area contributed by atoms with E-state index in [0.29, 0.717) is 12.3 Å². The van der Waals surface area contributed by atoms with Gasteiger partial charge in [0.25, 0.3) is 0 Å². The first-order valence-electron chi connectivity index (χ1n) is 7.36. The predicted octanol–water partition coefficient (Wildman–Crippen LogP) is 1.93. The van der Waals surface area contributed by atoms with Gasteiger partial charge in [0.2, 0.25) is 0 Å². The molecule has 0 spiro atoms. The normalized spacial score (nSPS) is 23.0. The molecular formula is C16H23FN2O2. The quantitative estimate of drug-likeness (QED) is 0.843. The number of halogens is 1. The number of esters is 1. The number of nitrogens with two attached hydrogens (primary N) is 1. The first-order chi connectivity index (χ1) is 10.1. The van der Waals surface area contributed by atoms with Gasteiger partial charge < -0.3 is 10.5 Å². The molecule has 5 heteroatoms. The molecule has 116 valence electrons. The van der Waals surface area contributed by atoms with Crippen molar-refractivity contribution in [3.05, 3.63) is 35.6 Å². The van der Waals surface area contributed by atoms with Gasteiger partial charge in [-0.05, 0) is 36.5 Å². The van der Waals surface area contributed by atoms with Crippen molar-refractivity contribution >= 4 is 5.97 Å². The maximum atomic E-state index is 12.9. The van der Waals surface area contributed by atoms with Gasteiger partial charge in [0.05, 0.1) is 7.11 Å². The fourth-order valence-electron chi connectivity index (χ4n) is 2.96. The predicted molar refractivity (Wildman–Crippen MR) is 79.0 cm³/mol. The van der Waals surface area contributed by atoms with Gasteiger partial charge in [-0.25, -0.2) is 4.39 Å². The molecule has 1 aliphatic heterocycles. The standard InChI is InChI=1S/C16H23FN2O2/c1-21-16(20)7-4-13-8-15(18)11-19(10-13)9-12-2-5-14(17)6-3-12/h2-3,5-6,13,15H,4,7-11,18H2,1H3. The lowest BCUT2D eigenvalue weighted by atomic mass is 9.90. The molecular weight excluding hydrogens is 271 g/mol. The molecule has 2 unspecified atom stereocenters. The SMILES string of the molecule is COC(=O)CCC1CC(N)CN(Cc2ccc(F)cc2)C1. The van der Waals surface area contributed by atoms with Crippen LogP contribution in [0.3, 0.4) is 0 Å². The first-order valence-corrected chi connectivity index (χ1v) is 7.36. The second-order valence-corrected chi connectivity index (χ2v) is 5.80. The van der Waals surface area contributed by atoms with E-state index in [-0.39, 0.29) is 17.8 Å². The van der Waals surface area contributed by atoms with Crippen molar-refractivity contribution in [1.82, 2.24) is 4.90 Å². The molecule has 0 aromatic heterocycles. The van der Waals surface area contributed by atoms with Crippen LogP contribution in [0.15, 0.2) is 24.3 Å². The topological polar surface area (TPSA) is 55.6 Å². The first kappa shape index (κ1) is 15.9. The van der Waals surface area contributed by atoms with Crippen molar-refractivity contribution in [2.45, 2.75) is 31.8 Å². The number of nitrogens with zero attached hydrogens (tertiary/aromatic N) is 1. The van der Waals surface area contributed by atoms with E-state index in [1.165, 1.54) is 19.2 Å². The number of benzene rings is 1. The number of ether oxygens (including phenoxy) is 1. The van der Waals surface area contributed by atoms with Gasteiger partial charge >= 0.3 is 5.97 Å². The summed E-state index contributed by atoms with van der Waals surface area (Å²) in [4.78, 5) is 13.5. The second kappa shape index (κ2) is 7.52. The Morgan fingerprint density at radius 3 is 2.76 bits per heavy atom. The molecule has 0 radical (unpaired) electrons. The summed E-state index contributed by atoms with van der Waals surface area (Å²) < 4.78 is 17.6. The van der Waals surface area contributed by atoms with Gasteiger partial charge in [0.1, 0.15) is 5.82 Å². The van der Waals surface area contributed by atoms with Gasteiger partial charge in [-0.2, -0.15) is 0 Å². The number of rotatable bonds is 5. The molecule has 0 bridgehead atoms. The highest BCUT2D eigenvalue weighted by atomic mass is 19.1. The molecule has 2 rings (SSSR count). The van der Waals surface area contributed by atoms with Gasteiger partial charge in [0, 0.05) is 32.1 Å². The number of likely N-dealkylation sites (tertiary alicyclic amines) is 1. The molecule has 21 heavy (non-hydrogen) atoms. The van der Waals surface area contributed by atoms with Crippen molar-refractivity contribution in [3.8, 4) is 0 Å². The van der Waals surface area contributed by atoms with Crippen LogP contribution in [-0.2, 0) is 16.1 Å². The number of methoxy groups -OCH3 is 1. The molecule has 0 amide bonds. The summed E-state index contributed by atoms with van der Waals surface area (Å²) in [6, 6.07) is 6.70. The summed E-state index contributed by atoms with van der Waals surface area (Å²) in [5.41, 5.74) is 7.20. The lowest BCUT2D eigenvalue weighted by Crippen LogP contribution is -2.46. The number of hydrogen-bond donors (Lipinski definition) is 1. The zero-order chi connectivity index (χ0) is 15.2. The Morgan fingerprint density at radius 1 is 1.38 bits per heavy atom. The van der Waals surface area contributed by atoms with Crippen LogP contribution >= 0.6 is 0 Å². The number of carbonyl (C=O) groups excluding carboxylic acids is 1. The minimum absolute atomic E-state index is 0.127. The summed E-state index contributed by atoms with van der Waals surface area (Å²) in [7, 11) is 1.41. The Bertz CT molecular complexity index is 464. The van der Waals surface area contributed by atoms with E-state index in [1.807, 2.05) is 0 Å². The molecule has 1 aromatic carbocycles. The van der Waals surface area contributed by atoms with E-state index in [0.717, 1.165) is 38.0 Å². The Balaban J connectivity index is 1.88. The Morgan fingerprint density at radius 2 is 2.10 bits per heavy atom.